The normalized spacial score (nSPS) is 18.7. The third kappa shape index (κ3) is 6.47. The Morgan fingerprint density at radius 3 is 2.55 bits per heavy atom. The summed E-state index contributed by atoms with van der Waals surface area (Å²) in [6, 6.07) is 2.22. The van der Waals surface area contributed by atoms with E-state index in [1.54, 1.807) is 18.3 Å². The van der Waals surface area contributed by atoms with Gasteiger partial charge in [0.2, 0.25) is 5.91 Å². The molecule has 0 saturated carbocycles. The van der Waals surface area contributed by atoms with E-state index in [0.717, 1.165) is 0 Å². The Kier molecular flexibility index (Phi) is 14.8. The van der Waals surface area contributed by atoms with Crippen LogP contribution in [0.1, 0.15) is 18.1 Å². The Bertz CT molecular complexity index is 434. The van der Waals surface area contributed by atoms with Gasteiger partial charge < -0.3 is 15.7 Å². The summed E-state index contributed by atoms with van der Waals surface area (Å²) >= 11 is 0. The van der Waals surface area contributed by atoms with E-state index in [1.807, 2.05) is 0 Å². The van der Waals surface area contributed by atoms with Crippen LogP contribution >= 0.6 is 51.8 Å². The molecule has 130 valence electrons. The molecule has 0 spiro atoms. The maximum atomic E-state index is 13.0. The van der Waals surface area contributed by atoms with E-state index >= 15 is 0 Å². The van der Waals surface area contributed by atoms with Crippen LogP contribution in [-0.4, -0.2) is 46.2 Å². The maximum Gasteiger partial charge on any atom is 0.242 e. The monoisotopic (exact) mass is 393 g/mol. The van der Waals surface area contributed by atoms with Crippen LogP contribution in [0.2, 0.25) is 0 Å². The van der Waals surface area contributed by atoms with Crippen molar-refractivity contribution in [3.05, 3.63) is 30.1 Å². The molecule has 1 aliphatic heterocycles. The number of halogens is 3. The predicted molar refractivity (Wildman–Crippen MR) is 98.5 cm³/mol. The Morgan fingerprint density at radius 2 is 2.09 bits per heavy atom. The fraction of sp³-hybridized carbons (Fsp3) is 0.500. The Labute approximate surface area is 155 Å². The van der Waals surface area contributed by atoms with Crippen molar-refractivity contribution in [3.63, 3.8) is 0 Å². The second kappa shape index (κ2) is 12.2. The summed E-state index contributed by atoms with van der Waals surface area (Å²) in [7, 11) is 0. The number of hydrogen-bond donors (Lipinski definition) is 2. The van der Waals surface area contributed by atoms with Gasteiger partial charge in [-0.3, -0.25) is 9.78 Å². The summed E-state index contributed by atoms with van der Waals surface area (Å²) in [4.78, 5) is 17.2. The number of nitrogens with two attached hydrogens (primary N) is 1. The van der Waals surface area contributed by atoms with Crippen LogP contribution in [0.15, 0.2) is 24.5 Å². The van der Waals surface area contributed by atoms with E-state index in [4.69, 9.17) is 5.73 Å². The number of carbonyl (C=O) groups is 1. The highest BCUT2D eigenvalue weighted by Crippen LogP contribution is 2.19. The van der Waals surface area contributed by atoms with E-state index in [-0.39, 0.29) is 58.4 Å². The Morgan fingerprint density at radius 1 is 1.45 bits per heavy atom. The topological polar surface area (TPSA) is 79.5 Å². The van der Waals surface area contributed by atoms with Gasteiger partial charge >= 0.3 is 0 Å². The summed E-state index contributed by atoms with van der Waals surface area (Å²) in [5, 5.41) is 9.98. The van der Waals surface area contributed by atoms with Gasteiger partial charge in [0.15, 0.2) is 0 Å². The van der Waals surface area contributed by atoms with Gasteiger partial charge in [-0.05, 0) is 12.5 Å². The molecule has 2 rings (SSSR count). The van der Waals surface area contributed by atoms with E-state index in [1.165, 1.54) is 11.1 Å². The van der Waals surface area contributed by atoms with Gasteiger partial charge in [-0.2, -0.15) is 27.0 Å². The van der Waals surface area contributed by atoms with Crippen molar-refractivity contribution in [2.75, 3.05) is 13.1 Å². The number of amides is 1. The molecule has 5 nitrogen and oxygen atoms in total. The summed E-state index contributed by atoms with van der Waals surface area (Å²) in [5.41, 5.74) is 6.21. The third-order valence-electron chi connectivity index (χ3n) is 3.09. The van der Waals surface area contributed by atoms with Crippen LogP contribution in [0.3, 0.4) is 0 Å². The van der Waals surface area contributed by atoms with Crippen LogP contribution in [0, 0.1) is 0 Å². The molecule has 0 bridgehead atoms. The SMILES string of the molecule is Cl.Cl.N[C@@H](C(=O)N1CC[C@H](F)C1)[C@@H](O)c1cccnc1.S.S. The zero-order chi connectivity index (χ0) is 13.1. The summed E-state index contributed by atoms with van der Waals surface area (Å²) in [6.07, 6.45) is 1.25. The molecule has 3 atom stereocenters. The molecular formula is C12H22Cl2FN3O2S2. The zero-order valence-corrected chi connectivity index (χ0v) is 15.3. The van der Waals surface area contributed by atoms with E-state index in [0.29, 0.717) is 18.5 Å². The molecule has 22 heavy (non-hydrogen) atoms. The second-order valence-electron chi connectivity index (χ2n) is 4.43. The van der Waals surface area contributed by atoms with Crippen molar-refractivity contribution in [2.24, 2.45) is 5.73 Å². The van der Waals surface area contributed by atoms with Crippen molar-refractivity contribution < 1.29 is 14.3 Å². The number of pyridine rings is 1. The van der Waals surface area contributed by atoms with Crippen LogP contribution < -0.4 is 5.73 Å². The molecule has 0 aliphatic carbocycles. The molecule has 1 saturated heterocycles. The molecule has 1 aromatic rings. The number of aliphatic hydroxyl groups is 1. The van der Waals surface area contributed by atoms with Gasteiger partial charge in [0.1, 0.15) is 18.3 Å². The van der Waals surface area contributed by atoms with Crippen molar-refractivity contribution in [1.82, 2.24) is 9.88 Å². The van der Waals surface area contributed by atoms with Crippen molar-refractivity contribution in [2.45, 2.75) is 24.7 Å². The standard InChI is InChI=1S/C12H16FN3O2.2ClH.2H2S/c13-9-3-5-16(7-9)12(18)10(14)11(17)8-2-1-4-15-6-8;;;;/h1-2,4,6,9-11,17H,3,5,7,14H2;2*1H;2*1H2/t9-,10+,11-;;;;/m0..../s1. The summed E-state index contributed by atoms with van der Waals surface area (Å²) in [5.74, 6) is -0.425. The first-order valence-electron chi connectivity index (χ1n) is 5.86. The largest absolute Gasteiger partial charge is 0.386 e. The number of aliphatic hydroxyl groups excluding tert-OH is 1. The first-order chi connectivity index (χ1) is 8.59. The Balaban J connectivity index is -0.000000902. The lowest BCUT2D eigenvalue weighted by atomic mass is 10.0. The molecule has 1 fully saturated rings. The summed E-state index contributed by atoms with van der Waals surface area (Å²) < 4.78 is 13.0. The van der Waals surface area contributed by atoms with Gasteiger partial charge in [0.25, 0.3) is 0 Å². The molecule has 0 aromatic carbocycles. The highest BCUT2D eigenvalue weighted by molar-refractivity contribution is 7.59. The Hall–Kier alpha value is -0.250. The first kappa shape index (κ1) is 26.6. The summed E-state index contributed by atoms with van der Waals surface area (Å²) in [6.45, 7) is 0.416. The third-order valence-corrected chi connectivity index (χ3v) is 3.09. The molecular weight excluding hydrogens is 372 g/mol. The molecule has 1 amide bonds. The average Bonchev–Trinajstić information content (AvgIpc) is 2.84. The highest BCUT2D eigenvalue weighted by atomic mass is 35.5. The highest BCUT2D eigenvalue weighted by Gasteiger charge is 2.32. The van der Waals surface area contributed by atoms with Crippen LogP contribution in [0.25, 0.3) is 0 Å². The van der Waals surface area contributed by atoms with Crippen molar-refractivity contribution in [3.8, 4) is 0 Å². The van der Waals surface area contributed by atoms with Gasteiger partial charge in [-0.1, -0.05) is 6.07 Å². The minimum atomic E-state index is -1.12. The predicted octanol–water partition coefficient (Wildman–Crippen LogP) is 1.08. The number of rotatable bonds is 3. The number of hydrogen-bond acceptors (Lipinski definition) is 4. The number of aromatic nitrogens is 1. The van der Waals surface area contributed by atoms with Gasteiger partial charge in [-0.15, -0.1) is 24.8 Å². The van der Waals surface area contributed by atoms with Gasteiger partial charge in [-0.25, -0.2) is 4.39 Å². The lowest BCUT2D eigenvalue weighted by Gasteiger charge is -2.23. The molecule has 0 radical (unpaired) electrons. The van der Waals surface area contributed by atoms with Crippen molar-refractivity contribution in [1.29, 1.82) is 0 Å². The quantitative estimate of drug-likeness (QED) is 0.804. The number of nitrogens with zero attached hydrogens (tertiary/aromatic N) is 2. The number of likely N-dealkylation sites (tertiary alicyclic amines) is 1. The van der Waals surface area contributed by atoms with Crippen LogP contribution in [0.5, 0.6) is 0 Å². The lowest BCUT2D eigenvalue weighted by molar-refractivity contribution is -0.134. The van der Waals surface area contributed by atoms with E-state index < -0.39 is 24.2 Å². The fourth-order valence-corrected chi connectivity index (χ4v) is 2.02. The van der Waals surface area contributed by atoms with Gasteiger partial charge in [0.05, 0.1) is 6.54 Å². The lowest BCUT2D eigenvalue weighted by Crippen LogP contribution is -2.46. The van der Waals surface area contributed by atoms with Gasteiger partial charge in [0, 0.05) is 24.5 Å². The number of alkyl halides is 1. The first-order valence-corrected chi connectivity index (χ1v) is 5.86. The number of carbonyl (C=O) groups excluding carboxylic acids is 1. The van der Waals surface area contributed by atoms with E-state index in [9.17, 15) is 14.3 Å². The van der Waals surface area contributed by atoms with Crippen LogP contribution in [-0.2, 0) is 4.79 Å². The molecule has 10 heteroatoms. The van der Waals surface area contributed by atoms with Crippen LogP contribution in [0.4, 0.5) is 4.39 Å². The fourth-order valence-electron chi connectivity index (χ4n) is 2.02. The zero-order valence-electron chi connectivity index (χ0n) is 11.7. The minimum absolute atomic E-state index is 0. The van der Waals surface area contributed by atoms with Crippen molar-refractivity contribution >= 4 is 57.7 Å². The average molecular weight is 394 g/mol. The molecule has 2 heterocycles. The minimum Gasteiger partial charge on any atom is -0.386 e. The molecule has 3 N–H and O–H groups in total. The second-order valence-corrected chi connectivity index (χ2v) is 4.43. The van der Waals surface area contributed by atoms with E-state index in [2.05, 4.69) is 4.98 Å². The molecule has 1 aromatic heterocycles. The molecule has 1 aliphatic rings. The molecule has 0 unspecified atom stereocenters. The maximum absolute atomic E-state index is 13.0. The smallest absolute Gasteiger partial charge is 0.242 e.